The summed E-state index contributed by atoms with van der Waals surface area (Å²) in [6.45, 7) is 7.19. The third-order valence-electron chi connectivity index (χ3n) is 4.03. The van der Waals surface area contributed by atoms with E-state index < -0.39 is 0 Å². The highest BCUT2D eigenvalue weighted by Gasteiger charge is 2.35. The standard InChI is InChI=1S/C13H25N3O/c1-2-5-15-6-3-4-12(10-15)16-9-11(8-14)7-13(16)17/h11-12H,2-10,14H2,1H3. The van der Waals surface area contributed by atoms with Gasteiger partial charge in [0, 0.05) is 25.6 Å². The molecular weight excluding hydrogens is 214 g/mol. The number of piperidine rings is 1. The minimum absolute atomic E-state index is 0.323. The first-order valence-electron chi connectivity index (χ1n) is 6.96. The highest BCUT2D eigenvalue weighted by molar-refractivity contribution is 5.79. The highest BCUT2D eigenvalue weighted by atomic mass is 16.2. The Morgan fingerprint density at radius 3 is 2.88 bits per heavy atom. The fourth-order valence-corrected chi connectivity index (χ4v) is 3.12. The molecule has 2 saturated heterocycles. The first kappa shape index (κ1) is 12.8. The van der Waals surface area contributed by atoms with E-state index in [9.17, 15) is 4.79 Å². The van der Waals surface area contributed by atoms with Crippen LogP contribution in [-0.4, -0.2) is 54.5 Å². The minimum atomic E-state index is 0.323. The predicted molar refractivity (Wildman–Crippen MR) is 68.6 cm³/mol. The van der Waals surface area contributed by atoms with Crippen LogP contribution in [0.2, 0.25) is 0 Å². The van der Waals surface area contributed by atoms with E-state index in [1.54, 1.807) is 0 Å². The van der Waals surface area contributed by atoms with Crippen LogP contribution in [0.1, 0.15) is 32.6 Å². The molecule has 2 rings (SSSR count). The second kappa shape index (κ2) is 5.83. The molecule has 0 aromatic heterocycles. The smallest absolute Gasteiger partial charge is 0.223 e. The van der Waals surface area contributed by atoms with E-state index in [1.807, 2.05) is 0 Å². The monoisotopic (exact) mass is 239 g/mol. The Hall–Kier alpha value is -0.610. The van der Waals surface area contributed by atoms with E-state index in [-0.39, 0.29) is 0 Å². The topological polar surface area (TPSA) is 49.6 Å². The summed E-state index contributed by atoms with van der Waals surface area (Å²) >= 11 is 0. The van der Waals surface area contributed by atoms with E-state index in [1.165, 1.54) is 32.4 Å². The van der Waals surface area contributed by atoms with Crippen molar-refractivity contribution in [3.05, 3.63) is 0 Å². The van der Waals surface area contributed by atoms with Crippen LogP contribution in [0, 0.1) is 5.92 Å². The largest absolute Gasteiger partial charge is 0.338 e. The molecule has 2 aliphatic heterocycles. The number of rotatable bonds is 4. The zero-order chi connectivity index (χ0) is 12.3. The Morgan fingerprint density at radius 2 is 2.24 bits per heavy atom. The quantitative estimate of drug-likeness (QED) is 0.784. The lowest BCUT2D eigenvalue weighted by atomic mass is 10.0. The molecule has 2 fully saturated rings. The number of nitrogens with two attached hydrogens (primary N) is 1. The number of hydrogen-bond donors (Lipinski definition) is 1. The van der Waals surface area contributed by atoms with Crippen molar-refractivity contribution in [1.29, 1.82) is 0 Å². The number of carbonyl (C=O) groups excluding carboxylic acids is 1. The average Bonchev–Trinajstić information content (AvgIpc) is 2.71. The van der Waals surface area contributed by atoms with Gasteiger partial charge < -0.3 is 15.5 Å². The van der Waals surface area contributed by atoms with Gasteiger partial charge >= 0.3 is 0 Å². The Labute approximate surface area is 104 Å². The normalized spacial score (nSPS) is 31.2. The molecule has 98 valence electrons. The van der Waals surface area contributed by atoms with Gasteiger partial charge in [-0.05, 0) is 44.8 Å². The number of hydrogen-bond acceptors (Lipinski definition) is 3. The maximum atomic E-state index is 12.0. The minimum Gasteiger partial charge on any atom is -0.338 e. The third kappa shape index (κ3) is 2.99. The molecule has 0 aromatic rings. The van der Waals surface area contributed by atoms with Crippen molar-refractivity contribution < 1.29 is 4.79 Å². The summed E-state index contributed by atoms with van der Waals surface area (Å²) in [5.74, 6) is 0.716. The Balaban J connectivity index is 1.91. The Kier molecular flexibility index (Phi) is 4.40. The lowest BCUT2D eigenvalue weighted by molar-refractivity contribution is -0.130. The van der Waals surface area contributed by atoms with Crippen molar-refractivity contribution in [3.63, 3.8) is 0 Å². The molecule has 0 spiro atoms. The van der Waals surface area contributed by atoms with Gasteiger partial charge in [-0.2, -0.15) is 0 Å². The molecule has 4 nitrogen and oxygen atoms in total. The van der Waals surface area contributed by atoms with Crippen LogP contribution >= 0.6 is 0 Å². The van der Waals surface area contributed by atoms with Gasteiger partial charge in [0.25, 0.3) is 0 Å². The lowest BCUT2D eigenvalue weighted by Crippen LogP contribution is -2.48. The second-order valence-electron chi connectivity index (χ2n) is 5.45. The molecule has 2 atom stereocenters. The van der Waals surface area contributed by atoms with Crippen LogP contribution in [-0.2, 0) is 4.79 Å². The van der Waals surface area contributed by atoms with Gasteiger partial charge in [0.05, 0.1) is 0 Å². The molecule has 0 aromatic carbocycles. The highest BCUT2D eigenvalue weighted by Crippen LogP contribution is 2.24. The molecule has 1 amide bonds. The van der Waals surface area contributed by atoms with Gasteiger partial charge in [0.1, 0.15) is 0 Å². The zero-order valence-corrected chi connectivity index (χ0v) is 10.9. The van der Waals surface area contributed by atoms with E-state index in [0.29, 0.717) is 30.8 Å². The molecule has 0 saturated carbocycles. The summed E-state index contributed by atoms with van der Waals surface area (Å²) in [6, 6.07) is 0.444. The zero-order valence-electron chi connectivity index (χ0n) is 10.9. The summed E-state index contributed by atoms with van der Waals surface area (Å²) in [4.78, 5) is 16.6. The van der Waals surface area contributed by atoms with Gasteiger partial charge in [-0.1, -0.05) is 6.92 Å². The van der Waals surface area contributed by atoms with Gasteiger partial charge in [-0.25, -0.2) is 0 Å². The van der Waals surface area contributed by atoms with Crippen molar-refractivity contribution in [2.45, 2.75) is 38.6 Å². The number of carbonyl (C=O) groups is 1. The predicted octanol–water partition coefficient (Wildman–Crippen LogP) is 0.668. The second-order valence-corrected chi connectivity index (χ2v) is 5.45. The lowest BCUT2D eigenvalue weighted by Gasteiger charge is -2.37. The molecule has 0 aliphatic carbocycles. The van der Waals surface area contributed by atoms with E-state index >= 15 is 0 Å². The summed E-state index contributed by atoms with van der Waals surface area (Å²) in [5, 5.41) is 0. The number of nitrogens with zero attached hydrogens (tertiary/aromatic N) is 2. The fourth-order valence-electron chi connectivity index (χ4n) is 3.12. The SMILES string of the molecule is CCCN1CCCC(N2CC(CN)CC2=O)C1. The summed E-state index contributed by atoms with van der Waals surface area (Å²) in [6.07, 6.45) is 4.26. The first-order chi connectivity index (χ1) is 8.24. The van der Waals surface area contributed by atoms with Gasteiger partial charge in [-0.15, -0.1) is 0 Å². The van der Waals surface area contributed by atoms with Crippen LogP contribution in [0.15, 0.2) is 0 Å². The maximum Gasteiger partial charge on any atom is 0.223 e. The molecular formula is C13H25N3O. The van der Waals surface area contributed by atoms with E-state index in [0.717, 1.165) is 13.1 Å². The summed E-state index contributed by atoms with van der Waals surface area (Å²) < 4.78 is 0. The number of likely N-dealkylation sites (tertiary alicyclic amines) is 2. The van der Waals surface area contributed by atoms with Crippen molar-refractivity contribution in [2.75, 3.05) is 32.7 Å². The molecule has 2 heterocycles. The first-order valence-corrected chi connectivity index (χ1v) is 6.96. The van der Waals surface area contributed by atoms with Gasteiger partial charge in [0.2, 0.25) is 5.91 Å². The number of amides is 1. The average molecular weight is 239 g/mol. The molecule has 0 bridgehead atoms. The summed E-state index contributed by atoms with van der Waals surface area (Å²) in [7, 11) is 0. The fraction of sp³-hybridized carbons (Fsp3) is 0.923. The molecule has 17 heavy (non-hydrogen) atoms. The van der Waals surface area contributed by atoms with E-state index in [4.69, 9.17) is 5.73 Å². The molecule has 2 N–H and O–H groups in total. The van der Waals surface area contributed by atoms with Gasteiger partial charge in [0.15, 0.2) is 0 Å². The molecule has 4 heteroatoms. The van der Waals surface area contributed by atoms with Crippen LogP contribution in [0.25, 0.3) is 0 Å². The summed E-state index contributed by atoms with van der Waals surface area (Å²) in [5.41, 5.74) is 5.67. The Bertz CT molecular complexity index is 267. The van der Waals surface area contributed by atoms with Crippen LogP contribution in [0.4, 0.5) is 0 Å². The van der Waals surface area contributed by atoms with Crippen molar-refractivity contribution in [2.24, 2.45) is 11.7 Å². The van der Waals surface area contributed by atoms with Crippen molar-refractivity contribution in [3.8, 4) is 0 Å². The molecule has 2 unspecified atom stereocenters. The molecule has 2 aliphatic rings. The third-order valence-corrected chi connectivity index (χ3v) is 4.03. The van der Waals surface area contributed by atoms with Gasteiger partial charge in [-0.3, -0.25) is 4.79 Å². The molecule has 0 radical (unpaired) electrons. The maximum absolute atomic E-state index is 12.0. The van der Waals surface area contributed by atoms with E-state index in [2.05, 4.69) is 16.7 Å². The van der Waals surface area contributed by atoms with Crippen LogP contribution in [0.3, 0.4) is 0 Å². The van der Waals surface area contributed by atoms with Crippen molar-refractivity contribution >= 4 is 5.91 Å². The van der Waals surface area contributed by atoms with Crippen LogP contribution < -0.4 is 5.73 Å². The Morgan fingerprint density at radius 1 is 1.41 bits per heavy atom. The van der Waals surface area contributed by atoms with Crippen molar-refractivity contribution in [1.82, 2.24) is 9.80 Å². The van der Waals surface area contributed by atoms with Crippen LogP contribution in [0.5, 0.6) is 0 Å².